The predicted octanol–water partition coefficient (Wildman–Crippen LogP) is 3.06. The molecule has 21 heavy (non-hydrogen) atoms. The second-order valence-electron chi connectivity index (χ2n) is 5.92. The van der Waals surface area contributed by atoms with Crippen molar-refractivity contribution in [3.8, 4) is 0 Å². The monoisotopic (exact) mass is 358 g/mol. The van der Waals surface area contributed by atoms with Crippen LogP contribution in [0.25, 0.3) is 0 Å². The fourth-order valence-corrected chi connectivity index (χ4v) is 2.99. The van der Waals surface area contributed by atoms with Crippen LogP contribution in [-0.2, 0) is 9.53 Å². The summed E-state index contributed by atoms with van der Waals surface area (Å²) in [5, 5.41) is 2.71. The summed E-state index contributed by atoms with van der Waals surface area (Å²) in [6.45, 7) is 6.33. The molecule has 2 rings (SSSR count). The summed E-state index contributed by atoms with van der Waals surface area (Å²) in [5.74, 6) is -0.741. The van der Waals surface area contributed by atoms with E-state index in [4.69, 9.17) is 10.5 Å². The van der Waals surface area contributed by atoms with Crippen molar-refractivity contribution in [1.82, 2.24) is 0 Å². The van der Waals surface area contributed by atoms with Gasteiger partial charge in [-0.1, -0.05) is 13.8 Å². The number of halogens is 2. The van der Waals surface area contributed by atoms with E-state index in [1.165, 1.54) is 12.1 Å². The van der Waals surface area contributed by atoms with Gasteiger partial charge in [0, 0.05) is 22.9 Å². The van der Waals surface area contributed by atoms with Crippen LogP contribution in [0.1, 0.15) is 27.2 Å². The third-order valence-corrected chi connectivity index (χ3v) is 5.10. The number of rotatable bonds is 4. The number of nitrogens with two attached hydrogens (primary N) is 1. The van der Waals surface area contributed by atoms with Crippen LogP contribution in [0, 0.1) is 11.2 Å². The number of carbonyl (C=O) groups is 1. The average Bonchev–Trinajstić information content (AvgIpc) is 2.42. The van der Waals surface area contributed by atoms with E-state index in [9.17, 15) is 9.18 Å². The Balaban J connectivity index is 2.16. The maximum Gasteiger partial charge on any atom is 0.245 e. The molecule has 3 N–H and O–H groups in total. The van der Waals surface area contributed by atoms with Crippen LogP contribution in [0.15, 0.2) is 22.7 Å². The van der Waals surface area contributed by atoms with Crippen LogP contribution in [0.5, 0.6) is 0 Å². The highest BCUT2D eigenvalue weighted by Crippen LogP contribution is 2.50. The number of amides is 1. The highest BCUT2D eigenvalue weighted by molar-refractivity contribution is 9.10. The molecule has 0 aliphatic heterocycles. The quantitative estimate of drug-likeness (QED) is 0.869. The zero-order valence-corrected chi connectivity index (χ0v) is 14.0. The van der Waals surface area contributed by atoms with Crippen molar-refractivity contribution in [1.29, 1.82) is 0 Å². The van der Waals surface area contributed by atoms with Crippen LogP contribution >= 0.6 is 15.9 Å². The number of benzene rings is 1. The van der Waals surface area contributed by atoms with Crippen molar-refractivity contribution in [2.75, 3.05) is 11.9 Å². The summed E-state index contributed by atoms with van der Waals surface area (Å²) in [7, 11) is 0. The fraction of sp³-hybridized carbons (Fsp3) is 0.533. The normalized spacial score (nSPS) is 27.0. The lowest BCUT2D eigenvalue weighted by molar-refractivity contribution is -0.166. The molecule has 2 unspecified atom stereocenters. The van der Waals surface area contributed by atoms with E-state index in [2.05, 4.69) is 21.2 Å². The van der Waals surface area contributed by atoms with Crippen LogP contribution < -0.4 is 11.1 Å². The minimum Gasteiger partial charge on any atom is -0.378 e. The van der Waals surface area contributed by atoms with E-state index in [0.717, 1.165) is 0 Å². The van der Waals surface area contributed by atoms with Gasteiger partial charge in [0.05, 0.1) is 11.8 Å². The molecule has 1 aromatic carbocycles. The lowest BCUT2D eigenvalue weighted by atomic mass is 9.54. The molecule has 1 aliphatic rings. The van der Waals surface area contributed by atoms with Gasteiger partial charge in [-0.05, 0) is 41.1 Å². The van der Waals surface area contributed by atoms with Gasteiger partial charge in [0.2, 0.25) is 5.91 Å². The van der Waals surface area contributed by atoms with Gasteiger partial charge in [-0.3, -0.25) is 4.79 Å². The molecule has 0 radical (unpaired) electrons. The number of nitrogens with one attached hydrogen (secondary N) is 1. The highest BCUT2D eigenvalue weighted by atomic mass is 79.9. The minimum atomic E-state index is -1.03. The molecule has 1 aromatic rings. The Bertz CT molecular complexity index is 565. The number of hydrogen-bond donors (Lipinski definition) is 2. The van der Waals surface area contributed by atoms with Gasteiger partial charge in [0.25, 0.3) is 0 Å². The molecule has 2 atom stereocenters. The molecular formula is C15H20BrFN2O2. The van der Waals surface area contributed by atoms with Crippen molar-refractivity contribution in [2.45, 2.75) is 38.8 Å². The van der Waals surface area contributed by atoms with Gasteiger partial charge in [-0.2, -0.15) is 0 Å². The Hall–Kier alpha value is -0.980. The predicted molar refractivity (Wildman–Crippen MR) is 83.5 cm³/mol. The third kappa shape index (κ3) is 2.72. The Morgan fingerprint density at radius 3 is 2.81 bits per heavy atom. The topological polar surface area (TPSA) is 64.3 Å². The Kier molecular flexibility index (Phi) is 4.42. The molecule has 1 fully saturated rings. The van der Waals surface area contributed by atoms with E-state index in [1.807, 2.05) is 20.8 Å². The average molecular weight is 359 g/mol. The summed E-state index contributed by atoms with van der Waals surface area (Å²) >= 11 is 3.28. The summed E-state index contributed by atoms with van der Waals surface area (Å²) in [6.07, 6.45) is 0.404. The van der Waals surface area contributed by atoms with Gasteiger partial charge in [-0.25, -0.2) is 4.39 Å². The standard InChI is InChI=1S/C15H20BrFN2O2/c1-4-21-12-8-15(18,14(12,2)3)13(20)19-11-7-9(17)5-6-10(11)16/h5-7,12H,4,8,18H2,1-3H3,(H,19,20). The molecule has 4 nitrogen and oxygen atoms in total. The van der Waals surface area contributed by atoms with Gasteiger partial charge >= 0.3 is 0 Å². The third-order valence-electron chi connectivity index (χ3n) is 4.41. The van der Waals surface area contributed by atoms with Crippen LogP contribution in [0.3, 0.4) is 0 Å². The van der Waals surface area contributed by atoms with E-state index < -0.39 is 16.8 Å². The first kappa shape index (κ1) is 16.4. The Morgan fingerprint density at radius 1 is 1.57 bits per heavy atom. The van der Waals surface area contributed by atoms with Crippen molar-refractivity contribution >= 4 is 27.5 Å². The van der Waals surface area contributed by atoms with Crippen molar-refractivity contribution in [2.24, 2.45) is 11.1 Å². The molecule has 1 aliphatic carbocycles. The maximum absolute atomic E-state index is 13.3. The molecule has 6 heteroatoms. The lowest BCUT2D eigenvalue weighted by Gasteiger charge is -2.57. The first-order valence-corrected chi connectivity index (χ1v) is 7.68. The minimum absolute atomic E-state index is 0.0470. The molecular weight excluding hydrogens is 339 g/mol. The smallest absolute Gasteiger partial charge is 0.245 e. The van der Waals surface area contributed by atoms with E-state index in [1.54, 1.807) is 6.07 Å². The second-order valence-corrected chi connectivity index (χ2v) is 6.77. The maximum atomic E-state index is 13.3. The number of anilines is 1. The van der Waals surface area contributed by atoms with Crippen molar-refractivity contribution in [3.63, 3.8) is 0 Å². The first-order chi connectivity index (χ1) is 9.72. The molecule has 116 valence electrons. The molecule has 0 saturated heterocycles. The van der Waals surface area contributed by atoms with Crippen LogP contribution in [0.2, 0.25) is 0 Å². The summed E-state index contributed by atoms with van der Waals surface area (Å²) in [4.78, 5) is 12.5. The van der Waals surface area contributed by atoms with E-state index >= 15 is 0 Å². The molecule has 1 amide bonds. The fourth-order valence-electron chi connectivity index (χ4n) is 2.65. The summed E-state index contributed by atoms with van der Waals surface area (Å²) in [6, 6.07) is 4.12. The number of carbonyl (C=O) groups excluding carboxylic acids is 1. The SMILES string of the molecule is CCOC1CC(N)(C(=O)Nc2cc(F)ccc2Br)C1(C)C. The lowest BCUT2D eigenvalue weighted by Crippen LogP contribution is -2.74. The zero-order valence-electron chi connectivity index (χ0n) is 12.4. The number of ether oxygens (including phenoxy) is 1. The summed E-state index contributed by atoms with van der Waals surface area (Å²) < 4.78 is 19.5. The second kappa shape index (κ2) is 5.66. The molecule has 0 aromatic heterocycles. The Labute approximate surface area is 132 Å². The van der Waals surface area contributed by atoms with Gasteiger partial charge in [0.1, 0.15) is 11.4 Å². The van der Waals surface area contributed by atoms with E-state index in [0.29, 0.717) is 23.2 Å². The van der Waals surface area contributed by atoms with Gasteiger partial charge in [-0.15, -0.1) is 0 Å². The van der Waals surface area contributed by atoms with Crippen molar-refractivity contribution < 1.29 is 13.9 Å². The van der Waals surface area contributed by atoms with Crippen molar-refractivity contribution in [3.05, 3.63) is 28.5 Å². The highest BCUT2D eigenvalue weighted by Gasteiger charge is 2.62. The van der Waals surface area contributed by atoms with E-state index in [-0.39, 0.29) is 12.0 Å². The molecule has 0 spiro atoms. The Morgan fingerprint density at radius 2 is 2.24 bits per heavy atom. The molecule has 0 heterocycles. The number of hydrogen-bond acceptors (Lipinski definition) is 3. The van der Waals surface area contributed by atoms with Crippen LogP contribution in [-0.4, -0.2) is 24.2 Å². The van der Waals surface area contributed by atoms with Gasteiger partial charge < -0.3 is 15.8 Å². The van der Waals surface area contributed by atoms with Gasteiger partial charge in [0.15, 0.2) is 0 Å². The first-order valence-electron chi connectivity index (χ1n) is 6.89. The molecule has 1 saturated carbocycles. The largest absolute Gasteiger partial charge is 0.378 e. The molecule has 0 bridgehead atoms. The zero-order chi connectivity index (χ0) is 15.8. The summed E-state index contributed by atoms with van der Waals surface area (Å²) in [5.41, 5.74) is 5.15. The van der Waals surface area contributed by atoms with Crippen LogP contribution in [0.4, 0.5) is 10.1 Å².